The third-order valence-corrected chi connectivity index (χ3v) is 2.18. The highest BCUT2D eigenvalue weighted by Crippen LogP contribution is 2.13. The number of esters is 1. The molecule has 0 saturated carbocycles. The maximum Gasteiger partial charge on any atom is 0.308 e. The van der Waals surface area contributed by atoms with E-state index in [0.29, 0.717) is 5.75 Å². The van der Waals surface area contributed by atoms with Crippen molar-refractivity contribution in [1.82, 2.24) is 0 Å². The first kappa shape index (κ1) is 12.5. The smallest absolute Gasteiger partial charge is 0.308 e. The molecular weight excluding hydrogens is 200 g/mol. The minimum absolute atomic E-state index is 0.286. The Balaban J connectivity index is 2.50. The van der Waals surface area contributed by atoms with Crippen molar-refractivity contribution in [3.05, 3.63) is 35.9 Å². The van der Waals surface area contributed by atoms with Gasteiger partial charge in [0, 0.05) is 6.92 Å². The van der Waals surface area contributed by atoms with E-state index < -0.39 is 0 Å². The van der Waals surface area contributed by atoms with E-state index in [9.17, 15) is 4.79 Å². The fraction of sp³-hybridized carbons (Fsp3) is 0.357. The van der Waals surface area contributed by atoms with Crippen LogP contribution in [0.4, 0.5) is 0 Å². The zero-order valence-corrected chi connectivity index (χ0v) is 9.90. The van der Waals surface area contributed by atoms with Crippen molar-refractivity contribution in [2.24, 2.45) is 0 Å². The second-order valence-corrected chi connectivity index (χ2v) is 3.71. The van der Waals surface area contributed by atoms with Crippen molar-refractivity contribution in [3.63, 3.8) is 0 Å². The number of ether oxygens (including phenoxy) is 1. The number of carbonyl (C=O) groups is 1. The van der Waals surface area contributed by atoms with Gasteiger partial charge in [0.05, 0.1) is 0 Å². The Kier molecular flexibility index (Phi) is 5.34. The Hall–Kier alpha value is -1.57. The molecule has 0 amide bonds. The normalized spacial score (nSPS) is 10.6. The second-order valence-electron chi connectivity index (χ2n) is 3.71. The van der Waals surface area contributed by atoms with E-state index in [4.69, 9.17) is 4.74 Å². The summed E-state index contributed by atoms with van der Waals surface area (Å²) in [6.07, 6.45) is 7.82. The molecule has 0 aliphatic rings. The lowest BCUT2D eigenvalue weighted by Crippen LogP contribution is -2.00. The highest BCUT2D eigenvalue weighted by Gasteiger charge is 1.96. The number of rotatable bonds is 5. The number of hydrogen-bond donors (Lipinski definition) is 0. The molecule has 86 valence electrons. The minimum atomic E-state index is -0.286. The zero-order chi connectivity index (χ0) is 11.8. The Bertz CT molecular complexity index is 350. The number of unbranched alkanes of at least 4 members (excludes halogenated alkanes) is 2. The van der Waals surface area contributed by atoms with E-state index in [1.807, 2.05) is 12.1 Å². The predicted octanol–water partition coefficient (Wildman–Crippen LogP) is 3.82. The molecule has 0 heterocycles. The van der Waals surface area contributed by atoms with Gasteiger partial charge in [-0.05, 0) is 24.1 Å². The SMILES string of the molecule is CCCC/C=C/c1ccc(OC(C)=O)cc1. The van der Waals surface area contributed by atoms with Gasteiger partial charge in [-0.25, -0.2) is 0 Å². The summed E-state index contributed by atoms with van der Waals surface area (Å²) in [4.78, 5) is 10.7. The van der Waals surface area contributed by atoms with Crippen molar-refractivity contribution < 1.29 is 9.53 Å². The molecule has 2 heteroatoms. The van der Waals surface area contributed by atoms with Crippen LogP contribution in [0.2, 0.25) is 0 Å². The molecule has 0 fully saturated rings. The third kappa shape index (κ3) is 4.78. The molecule has 0 saturated heterocycles. The number of benzene rings is 1. The molecule has 0 spiro atoms. The minimum Gasteiger partial charge on any atom is -0.427 e. The van der Waals surface area contributed by atoms with E-state index in [1.54, 1.807) is 12.1 Å². The molecule has 1 aromatic carbocycles. The Morgan fingerprint density at radius 3 is 2.56 bits per heavy atom. The van der Waals surface area contributed by atoms with Gasteiger partial charge in [-0.1, -0.05) is 44.1 Å². The summed E-state index contributed by atoms with van der Waals surface area (Å²) in [5.41, 5.74) is 1.13. The van der Waals surface area contributed by atoms with Crippen LogP contribution in [0, 0.1) is 0 Å². The molecular formula is C14H18O2. The molecule has 0 aliphatic heterocycles. The summed E-state index contributed by atoms with van der Waals surface area (Å²) in [5.74, 6) is 0.310. The van der Waals surface area contributed by atoms with Crippen molar-refractivity contribution in [3.8, 4) is 5.75 Å². The molecule has 0 radical (unpaired) electrons. The van der Waals surface area contributed by atoms with Crippen LogP contribution in [0.25, 0.3) is 6.08 Å². The fourth-order valence-electron chi connectivity index (χ4n) is 1.35. The van der Waals surface area contributed by atoms with E-state index in [2.05, 4.69) is 19.1 Å². The first-order valence-corrected chi connectivity index (χ1v) is 5.67. The van der Waals surface area contributed by atoms with Crippen molar-refractivity contribution in [1.29, 1.82) is 0 Å². The third-order valence-electron chi connectivity index (χ3n) is 2.18. The first-order valence-electron chi connectivity index (χ1n) is 5.67. The van der Waals surface area contributed by atoms with Gasteiger partial charge in [-0.2, -0.15) is 0 Å². The zero-order valence-electron chi connectivity index (χ0n) is 9.90. The molecule has 0 bridgehead atoms. The lowest BCUT2D eigenvalue weighted by atomic mass is 10.1. The summed E-state index contributed by atoms with van der Waals surface area (Å²) >= 11 is 0. The lowest BCUT2D eigenvalue weighted by molar-refractivity contribution is -0.131. The highest BCUT2D eigenvalue weighted by atomic mass is 16.5. The Labute approximate surface area is 96.9 Å². The van der Waals surface area contributed by atoms with E-state index in [-0.39, 0.29) is 5.97 Å². The average molecular weight is 218 g/mol. The molecule has 0 N–H and O–H groups in total. The Morgan fingerprint density at radius 1 is 1.31 bits per heavy atom. The van der Waals surface area contributed by atoms with Gasteiger partial charge < -0.3 is 4.74 Å². The van der Waals surface area contributed by atoms with Gasteiger partial charge in [-0.15, -0.1) is 0 Å². The van der Waals surface area contributed by atoms with Crippen LogP contribution in [0.5, 0.6) is 5.75 Å². The molecule has 1 rings (SSSR count). The van der Waals surface area contributed by atoms with Gasteiger partial charge in [0.2, 0.25) is 0 Å². The van der Waals surface area contributed by atoms with Crippen LogP contribution in [0.15, 0.2) is 30.3 Å². The molecule has 1 aromatic rings. The topological polar surface area (TPSA) is 26.3 Å². The predicted molar refractivity (Wildman–Crippen MR) is 66.3 cm³/mol. The maximum absolute atomic E-state index is 10.7. The van der Waals surface area contributed by atoms with E-state index >= 15 is 0 Å². The van der Waals surface area contributed by atoms with Crippen LogP contribution in [0.1, 0.15) is 38.7 Å². The van der Waals surface area contributed by atoms with Crippen LogP contribution >= 0.6 is 0 Å². The van der Waals surface area contributed by atoms with Crippen LogP contribution in [0.3, 0.4) is 0 Å². The molecule has 2 nitrogen and oxygen atoms in total. The molecule has 0 aliphatic carbocycles. The van der Waals surface area contributed by atoms with E-state index in [1.165, 1.54) is 19.8 Å². The quantitative estimate of drug-likeness (QED) is 0.426. The summed E-state index contributed by atoms with van der Waals surface area (Å²) in [7, 11) is 0. The summed E-state index contributed by atoms with van der Waals surface area (Å²) < 4.78 is 4.95. The highest BCUT2D eigenvalue weighted by molar-refractivity contribution is 5.69. The van der Waals surface area contributed by atoms with Crippen molar-refractivity contribution in [2.45, 2.75) is 33.1 Å². The van der Waals surface area contributed by atoms with Crippen LogP contribution in [-0.2, 0) is 4.79 Å². The van der Waals surface area contributed by atoms with Crippen LogP contribution in [-0.4, -0.2) is 5.97 Å². The van der Waals surface area contributed by atoms with Crippen LogP contribution < -0.4 is 4.74 Å². The standard InChI is InChI=1S/C14H18O2/c1-3-4-5-6-7-13-8-10-14(11-9-13)16-12(2)15/h6-11H,3-5H2,1-2H3/b7-6+. The average Bonchev–Trinajstić information content (AvgIpc) is 2.26. The fourth-order valence-corrected chi connectivity index (χ4v) is 1.35. The first-order chi connectivity index (χ1) is 7.72. The molecule has 0 atom stereocenters. The molecule has 16 heavy (non-hydrogen) atoms. The maximum atomic E-state index is 10.7. The molecule has 0 aromatic heterocycles. The van der Waals surface area contributed by atoms with Gasteiger partial charge >= 0.3 is 5.97 Å². The Morgan fingerprint density at radius 2 is 2.00 bits per heavy atom. The van der Waals surface area contributed by atoms with Gasteiger partial charge in [0.1, 0.15) is 5.75 Å². The van der Waals surface area contributed by atoms with Gasteiger partial charge in [0.15, 0.2) is 0 Å². The largest absolute Gasteiger partial charge is 0.427 e. The van der Waals surface area contributed by atoms with Gasteiger partial charge in [-0.3, -0.25) is 4.79 Å². The summed E-state index contributed by atoms with van der Waals surface area (Å²) in [6.45, 7) is 3.58. The number of hydrogen-bond acceptors (Lipinski definition) is 2. The second kappa shape index (κ2) is 6.83. The van der Waals surface area contributed by atoms with Gasteiger partial charge in [0.25, 0.3) is 0 Å². The monoisotopic (exact) mass is 218 g/mol. The number of carbonyl (C=O) groups excluding carboxylic acids is 1. The van der Waals surface area contributed by atoms with Crippen molar-refractivity contribution >= 4 is 12.0 Å². The summed E-state index contributed by atoms with van der Waals surface area (Å²) in [6, 6.07) is 7.50. The van der Waals surface area contributed by atoms with E-state index in [0.717, 1.165) is 12.0 Å². The summed E-state index contributed by atoms with van der Waals surface area (Å²) in [5, 5.41) is 0. The lowest BCUT2D eigenvalue weighted by Gasteiger charge is -2.00. The van der Waals surface area contributed by atoms with Crippen molar-refractivity contribution in [2.75, 3.05) is 0 Å². The number of allylic oxidation sites excluding steroid dienone is 1. The molecule has 0 unspecified atom stereocenters.